The van der Waals surface area contributed by atoms with Crippen molar-refractivity contribution >= 4 is 0 Å². The molecule has 2 atom stereocenters. The number of nitrogens with two attached hydrogens (primary N) is 1. The van der Waals surface area contributed by atoms with Crippen LogP contribution in [0.1, 0.15) is 26.2 Å². The Morgan fingerprint density at radius 1 is 1.60 bits per heavy atom. The highest BCUT2D eigenvalue weighted by Gasteiger charge is 2.14. The van der Waals surface area contributed by atoms with Gasteiger partial charge in [0.25, 0.3) is 0 Å². The molecule has 0 saturated carbocycles. The third-order valence-electron chi connectivity index (χ3n) is 2.35. The highest BCUT2D eigenvalue weighted by atomic mass is 14.9. The first-order chi connectivity index (χ1) is 4.83. The topological polar surface area (TPSA) is 38.0 Å². The second kappa shape index (κ2) is 3.94. The Kier molecular flexibility index (Phi) is 3.16. The Hall–Kier alpha value is -0.0800. The fraction of sp³-hybridized carbons (Fsp3) is 1.00. The van der Waals surface area contributed by atoms with Crippen LogP contribution in [0.25, 0.3) is 0 Å². The largest absolute Gasteiger partial charge is 0.327 e. The van der Waals surface area contributed by atoms with Crippen LogP contribution < -0.4 is 11.1 Å². The van der Waals surface area contributed by atoms with Gasteiger partial charge in [-0.2, -0.15) is 0 Å². The number of rotatable bonds is 1. The van der Waals surface area contributed by atoms with Crippen molar-refractivity contribution in [1.82, 2.24) is 5.32 Å². The molecule has 1 heterocycles. The molecule has 2 unspecified atom stereocenters. The first-order valence-corrected chi connectivity index (χ1v) is 4.29. The lowest BCUT2D eigenvalue weighted by atomic mass is 9.96. The lowest BCUT2D eigenvalue weighted by molar-refractivity contribution is 0.433. The maximum atomic E-state index is 5.84. The molecule has 0 radical (unpaired) electrons. The molecular weight excluding hydrogens is 124 g/mol. The van der Waals surface area contributed by atoms with E-state index in [0.717, 1.165) is 19.0 Å². The third kappa shape index (κ3) is 2.27. The Labute approximate surface area is 63.2 Å². The monoisotopic (exact) mass is 142 g/mol. The summed E-state index contributed by atoms with van der Waals surface area (Å²) in [7, 11) is 0. The molecular formula is C8H18N2. The Bertz CT molecular complexity index is 93.3. The first kappa shape index (κ1) is 8.02. The lowest BCUT2D eigenvalue weighted by Gasteiger charge is -2.13. The van der Waals surface area contributed by atoms with Crippen LogP contribution in [0.2, 0.25) is 0 Å². The Morgan fingerprint density at radius 2 is 2.40 bits per heavy atom. The maximum absolute atomic E-state index is 5.84. The van der Waals surface area contributed by atoms with E-state index in [1.165, 1.54) is 19.3 Å². The molecule has 0 aromatic carbocycles. The minimum Gasteiger partial charge on any atom is -0.327 e. The van der Waals surface area contributed by atoms with E-state index >= 15 is 0 Å². The van der Waals surface area contributed by atoms with E-state index in [4.69, 9.17) is 5.73 Å². The Balaban J connectivity index is 2.30. The Morgan fingerprint density at radius 3 is 3.10 bits per heavy atom. The highest BCUT2D eigenvalue weighted by molar-refractivity contribution is 4.74. The van der Waals surface area contributed by atoms with Crippen LogP contribution in [0.15, 0.2) is 0 Å². The summed E-state index contributed by atoms with van der Waals surface area (Å²) in [6.45, 7) is 4.42. The van der Waals surface area contributed by atoms with Gasteiger partial charge in [0.1, 0.15) is 0 Å². The van der Waals surface area contributed by atoms with Gasteiger partial charge in [-0.3, -0.25) is 0 Å². The molecule has 1 aliphatic heterocycles. The van der Waals surface area contributed by atoms with Gasteiger partial charge in [-0.05, 0) is 25.3 Å². The third-order valence-corrected chi connectivity index (χ3v) is 2.35. The van der Waals surface area contributed by atoms with Crippen LogP contribution in [0.3, 0.4) is 0 Å². The van der Waals surface area contributed by atoms with Crippen molar-refractivity contribution in [3.63, 3.8) is 0 Å². The van der Waals surface area contributed by atoms with Crippen LogP contribution in [-0.4, -0.2) is 19.1 Å². The van der Waals surface area contributed by atoms with Gasteiger partial charge in [-0.15, -0.1) is 0 Å². The van der Waals surface area contributed by atoms with Gasteiger partial charge < -0.3 is 11.1 Å². The molecule has 0 spiro atoms. The van der Waals surface area contributed by atoms with Gasteiger partial charge in [0.2, 0.25) is 0 Å². The molecule has 0 bridgehead atoms. The van der Waals surface area contributed by atoms with Gasteiger partial charge >= 0.3 is 0 Å². The zero-order chi connectivity index (χ0) is 7.40. The molecule has 10 heavy (non-hydrogen) atoms. The maximum Gasteiger partial charge on any atom is 0.0167 e. The highest BCUT2D eigenvalue weighted by Crippen LogP contribution is 2.15. The summed E-state index contributed by atoms with van der Waals surface area (Å²) in [5, 5.41) is 3.34. The predicted octanol–water partition coefficient (Wildman–Crippen LogP) is 0.723. The summed E-state index contributed by atoms with van der Waals surface area (Å²) >= 11 is 0. The normalized spacial score (nSPS) is 35.4. The summed E-state index contributed by atoms with van der Waals surface area (Å²) in [5.41, 5.74) is 5.84. The van der Waals surface area contributed by atoms with Crippen LogP contribution in [0, 0.1) is 5.92 Å². The average Bonchev–Trinajstić information content (AvgIpc) is 2.13. The molecule has 60 valence electrons. The van der Waals surface area contributed by atoms with Crippen molar-refractivity contribution in [2.75, 3.05) is 13.1 Å². The molecule has 2 nitrogen and oxygen atoms in total. The summed E-state index contributed by atoms with van der Waals surface area (Å²) in [5.74, 6) is 0.866. The van der Waals surface area contributed by atoms with Gasteiger partial charge in [0, 0.05) is 12.6 Å². The molecule has 1 rings (SSSR count). The van der Waals surface area contributed by atoms with Crippen LogP contribution >= 0.6 is 0 Å². The minimum atomic E-state index is 0.396. The molecule has 0 aromatic rings. The van der Waals surface area contributed by atoms with Gasteiger partial charge in [0.15, 0.2) is 0 Å². The van der Waals surface area contributed by atoms with Crippen molar-refractivity contribution in [2.45, 2.75) is 32.2 Å². The van der Waals surface area contributed by atoms with Crippen LogP contribution in [0.4, 0.5) is 0 Å². The van der Waals surface area contributed by atoms with Crippen LogP contribution in [-0.2, 0) is 0 Å². The standard InChI is InChI=1S/C8H18N2/c1-2-7-3-4-10-6-8(9)5-7/h7-8,10H,2-6,9H2,1H3. The fourth-order valence-electron chi connectivity index (χ4n) is 1.59. The van der Waals surface area contributed by atoms with E-state index in [0.29, 0.717) is 6.04 Å². The second-order valence-electron chi connectivity index (χ2n) is 3.26. The van der Waals surface area contributed by atoms with E-state index in [-0.39, 0.29) is 0 Å². The first-order valence-electron chi connectivity index (χ1n) is 4.29. The van der Waals surface area contributed by atoms with E-state index in [1.54, 1.807) is 0 Å². The quantitative estimate of drug-likeness (QED) is 0.566. The zero-order valence-corrected chi connectivity index (χ0v) is 6.77. The van der Waals surface area contributed by atoms with Gasteiger partial charge in [-0.25, -0.2) is 0 Å². The molecule has 0 amide bonds. The summed E-state index contributed by atoms with van der Waals surface area (Å²) in [4.78, 5) is 0. The molecule has 1 aliphatic rings. The number of nitrogens with one attached hydrogen (secondary N) is 1. The van der Waals surface area contributed by atoms with E-state index < -0.39 is 0 Å². The van der Waals surface area contributed by atoms with Crippen molar-refractivity contribution in [3.8, 4) is 0 Å². The zero-order valence-electron chi connectivity index (χ0n) is 6.77. The van der Waals surface area contributed by atoms with Crippen molar-refractivity contribution in [2.24, 2.45) is 11.7 Å². The predicted molar refractivity (Wildman–Crippen MR) is 43.9 cm³/mol. The minimum absolute atomic E-state index is 0.396. The van der Waals surface area contributed by atoms with E-state index in [2.05, 4.69) is 12.2 Å². The van der Waals surface area contributed by atoms with Crippen molar-refractivity contribution < 1.29 is 0 Å². The van der Waals surface area contributed by atoms with Gasteiger partial charge in [-0.1, -0.05) is 13.3 Å². The number of hydrogen-bond acceptors (Lipinski definition) is 2. The molecule has 3 N–H and O–H groups in total. The van der Waals surface area contributed by atoms with Crippen LogP contribution in [0.5, 0.6) is 0 Å². The van der Waals surface area contributed by atoms with Crippen molar-refractivity contribution in [1.29, 1.82) is 0 Å². The summed E-state index contributed by atoms with van der Waals surface area (Å²) in [6, 6.07) is 0.396. The SMILES string of the molecule is CCC1CCNCC(N)C1. The molecule has 0 aliphatic carbocycles. The van der Waals surface area contributed by atoms with E-state index in [1.807, 2.05) is 0 Å². The van der Waals surface area contributed by atoms with Gasteiger partial charge in [0.05, 0.1) is 0 Å². The summed E-state index contributed by atoms with van der Waals surface area (Å²) < 4.78 is 0. The average molecular weight is 142 g/mol. The fourth-order valence-corrected chi connectivity index (χ4v) is 1.59. The van der Waals surface area contributed by atoms with Crippen molar-refractivity contribution in [3.05, 3.63) is 0 Å². The molecule has 1 saturated heterocycles. The lowest BCUT2D eigenvalue weighted by Crippen LogP contribution is -2.31. The molecule has 1 fully saturated rings. The van der Waals surface area contributed by atoms with E-state index in [9.17, 15) is 0 Å². The smallest absolute Gasteiger partial charge is 0.0167 e. The molecule has 0 aromatic heterocycles. The second-order valence-corrected chi connectivity index (χ2v) is 3.26. The number of hydrogen-bond donors (Lipinski definition) is 2. The molecule has 2 heteroatoms. The summed E-state index contributed by atoms with van der Waals surface area (Å²) in [6.07, 6.45) is 3.81.